The Morgan fingerprint density at radius 2 is 1.88 bits per heavy atom. The van der Waals surface area contributed by atoms with E-state index in [9.17, 15) is 9.59 Å². The van der Waals surface area contributed by atoms with Crippen molar-refractivity contribution in [3.8, 4) is 0 Å². The van der Waals surface area contributed by atoms with Gasteiger partial charge in [0.1, 0.15) is 0 Å². The monoisotopic (exact) mass is 449 g/mol. The van der Waals surface area contributed by atoms with Crippen molar-refractivity contribution in [1.29, 1.82) is 0 Å². The number of aryl methyl sites for hydroxylation is 1. The molecule has 7 nitrogen and oxygen atoms in total. The van der Waals surface area contributed by atoms with Crippen LogP contribution in [0.1, 0.15) is 37.8 Å². The van der Waals surface area contributed by atoms with Gasteiger partial charge in [0.25, 0.3) is 5.56 Å². The number of benzene rings is 2. The molecule has 8 heteroatoms. The zero-order valence-corrected chi connectivity index (χ0v) is 19.4. The number of hydrogen-bond acceptors (Lipinski definition) is 5. The van der Waals surface area contributed by atoms with E-state index in [1.807, 2.05) is 66.8 Å². The fraction of sp³-hybridized carbons (Fsp3) is 0.333. The van der Waals surface area contributed by atoms with Crippen LogP contribution in [0.25, 0.3) is 16.7 Å². The number of fused-ring (bicyclic) bond motifs is 3. The van der Waals surface area contributed by atoms with Crippen LogP contribution in [-0.4, -0.2) is 36.9 Å². The number of nitrogens with zero attached hydrogens (tertiary/aromatic N) is 4. The quantitative estimate of drug-likeness (QED) is 0.414. The molecule has 4 aromatic rings. The van der Waals surface area contributed by atoms with Crippen LogP contribution in [0, 0.1) is 6.92 Å². The van der Waals surface area contributed by atoms with E-state index in [-0.39, 0.29) is 23.3 Å². The largest absolute Gasteiger partial charge is 0.353 e. The van der Waals surface area contributed by atoms with Crippen LogP contribution >= 0.6 is 11.8 Å². The maximum atomic E-state index is 13.3. The molecule has 0 spiro atoms. The van der Waals surface area contributed by atoms with Crippen molar-refractivity contribution in [2.45, 2.75) is 51.4 Å². The van der Waals surface area contributed by atoms with Gasteiger partial charge in [-0.25, -0.2) is 0 Å². The minimum atomic E-state index is -0.108. The number of amides is 1. The van der Waals surface area contributed by atoms with Gasteiger partial charge in [0.2, 0.25) is 11.7 Å². The highest BCUT2D eigenvalue weighted by Crippen LogP contribution is 2.22. The molecule has 4 rings (SSSR count). The van der Waals surface area contributed by atoms with Gasteiger partial charge in [-0.1, -0.05) is 67.1 Å². The number of aromatic nitrogens is 4. The molecule has 0 saturated heterocycles. The van der Waals surface area contributed by atoms with Crippen molar-refractivity contribution in [3.05, 3.63) is 70.0 Å². The first-order valence-corrected chi connectivity index (χ1v) is 11.8. The average Bonchev–Trinajstić information content (AvgIpc) is 3.21. The fourth-order valence-corrected chi connectivity index (χ4v) is 4.55. The summed E-state index contributed by atoms with van der Waals surface area (Å²) in [5.41, 5.74) is 2.80. The molecule has 0 radical (unpaired) electrons. The van der Waals surface area contributed by atoms with E-state index in [2.05, 4.69) is 22.4 Å². The lowest BCUT2D eigenvalue weighted by molar-refractivity contribution is -0.119. The second kappa shape index (κ2) is 9.56. The highest BCUT2D eigenvalue weighted by molar-refractivity contribution is 7.99. The first kappa shape index (κ1) is 22.1. The van der Waals surface area contributed by atoms with Crippen LogP contribution in [0.5, 0.6) is 0 Å². The van der Waals surface area contributed by atoms with Gasteiger partial charge < -0.3 is 5.32 Å². The lowest BCUT2D eigenvalue weighted by Gasteiger charge is -2.13. The second-order valence-electron chi connectivity index (χ2n) is 8.06. The zero-order chi connectivity index (χ0) is 22.7. The van der Waals surface area contributed by atoms with E-state index >= 15 is 0 Å². The van der Waals surface area contributed by atoms with Gasteiger partial charge in [-0.2, -0.15) is 0 Å². The predicted octanol–water partition coefficient (Wildman–Crippen LogP) is 3.80. The van der Waals surface area contributed by atoms with Crippen LogP contribution in [0.4, 0.5) is 0 Å². The van der Waals surface area contributed by atoms with E-state index in [1.165, 1.54) is 11.8 Å². The molecule has 0 aliphatic carbocycles. The standard InChI is InChI=1S/C24H27N5O2S/c1-4-7-17(3)25-21(30)15-32-24-27-26-23-28(14-18-12-10-16(2)11-13-18)22(31)19-8-5-6-9-20(19)29(23)24/h5-6,8-13,17H,4,7,14-15H2,1-3H3,(H,25,30). The molecule has 1 N–H and O–H groups in total. The minimum Gasteiger partial charge on any atom is -0.353 e. The van der Waals surface area contributed by atoms with Gasteiger partial charge in [-0.05, 0) is 38.0 Å². The van der Waals surface area contributed by atoms with Gasteiger partial charge in [0.05, 0.1) is 23.2 Å². The normalized spacial score (nSPS) is 12.3. The van der Waals surface area contributed by atoms with Gasteiger partial charge >= 0.3 is 0 Å². The smallest absolute Gasteiger partial charge is 0.263 e. The summed E-state index contributed by atoms with van der Waals surface area (Å²) in [5.74, 6) is 0.668. The number of carbonyl (C=O) groups is 1. The molecule has 0 aliphatic rings. The zero-order valence-electron chi connectivity index (χ0n) is 18.5. The Bertz CT molecular complexity index is 1310. The topological polar surface area (TPSA) is 81.3 Å². The number of hydrogen-bond donors (Lipinski definition) is 1. The van der Waals surface area contributed by atoms with E-state index < -0.39 is 0 Å². The number of rotatable bonds is 8. The molecule has 0 bridgehead atoms. The molecule has 32 heavy (non-hydrogen) atoms. The second-order valence-corrected chi connectivity index (χ2v) is 9.00. The van der Waals surface area contributed by atoms with E-state index in [1.54, 1.807) is 4.57 Å². The number of nitrogens with one attached hydrogen (secondary N) is 1. The Kier molecular flexibility index (Phi) is 6.60. The Balaban J connectivity index is 1.71. The average molecular weight is 450 g/mol. The highest BCUT2D eigenvalue weighted by Gasteiger charge is 2.18. The predicted molar refractivity (Wildman–Crippen MR) is 128 cm³/mol. The number of carbonyl (C=O) groups excluding carboxylic acids is 1. The van der Waals surface area contributed by atoms with Gasteiger partial charge in [-0.15, -0.1) is 10.2 Å². The molecular formula is C24H27N5O2S. The third-order valence-electron chi connectivity index (χ3n) is 5.40. The maximum Gasteiger partial charge on any atom is 0.263 e. The van der Waals surface area contributed by atoms with E-state index in [0.29, 0.717) is 22.9 Å². The van der Waals surface area contributed by atoms with Gasteiger partial charge in [0.15, 0.2) is 5.16 Å². The SMILES string of the molecule is CCCC(C)NC(=O)CSc1nnc2n(Cc3ccc(C)cc3)c(=O)c3ccccc3n12. The van der Waals surface area contributed by atoms with Crippen molar-refractivity contribution in [2.24, 2.45) is 0 Å². The molecule has 2 heterocycles. The maximum absolute atomic E-state index is 13.3. The lowest BCUT2D eigenvalue weighted by Crippen LogP contribution is -2.33. The van der Waals surface area contributed by atoms with Crippen LogP contribution in [0.15, 0.2) is 58.5 Å². The van der Waals surface area contributed by atoms with Crippen molar-refractivity contribution in [2.75, 3.05) is 5.75 Å². The summed E-state index contributed by atoms with van der Waals surface area (Å²) in [6.07, 6.45) is 1.97. The van der Waals surface area contributed by atoms with Gasteiger partial charge in [0, 0.05) is 6.04 Å². The van der Waals surface area contributed by atoms with Crippen LogP contribution in [0.3, 0.4) is 0 Å². The van der Waals surface area contributed by atoms with Crippen molar-refractivity contribution in [1.82, 2.24) is 24.5 Å². The Labute approximate surface area is 190 Å². The molecular weight excluding hydrogens is 422 g/mol. The Hall–Kier alpha value is -3.13. The molecule has 1 amide bonds. The Morgan fingerprint density at radius 3 is 2.62 bits per heavy atom. The summed E-state index contributed by atoms with van der Waals surface area (Å²) in [5, 5.41) is 12.9. The van der Waals surface area contributed by atoms with E-state index in [0.717, 1.165) is 29.5 Å². The molecule has 2 aromatic carbocycles. The summed E-state index contributed by atoms with van der Waals surface area (Å²) in [7, 11) is 0. The summed E-state index contributed by atoms with van der Waals surface area (Å²) in [4.78, 5) is 25.7. The molecule has 0 saturated carbocycles. The molecule has 1 atom stereocenters. The summed E-state index contributed by atoms with van der Waals surface area (Å²) >= 11 is 1.32. The Morgan fingerprint density at radius 1 is 1.12 bits per heavy atom. The third kappa shape index (κ3) is 4.55. The van der Waals surface area contributed by atoms with Crippen LogP contribution < -0.4 is 10.9 Å². The van der Waals surface area contributed by atoms with Gasteiger partial charge in [-0.3, -0.25) is 18.6 Å². The van der Waals surface area contributed by atoms with Crippen molar-refractivity contribution >= 4 is 34.3 Å². The molecule has 2 aromatic heterocycles. The molecule has 1 unspecified atom stereocenters. The van der Waals surface area contributed by atoms with Crippen LogP contribution in [-0.2, 0) is 11.3 Å². The molecule has 0 fully saturated rings. The summed E-state index contributed by atoms with van der Waals surface area (Å²) in [6.45, 7) is 6.54. The van der Waals surface area contributed by atoms with Crippen LogP contribution in [0.2, 0.25) is 0 Å². The van der Waals surface area contributed by atoms with Crippen molar-refractivity contribution in [3.63, 3.8) is 0 Å². The summed E-state index contributed by atoms with van der Waals surface area (Å²) in [6, 6.07) is 15.7. The molecule has 0 aliphatic heterocycles. The highest BCUT2D eigenvalue weighted by atomic mass is 32.2. The first-order chi connectivity index (χ1) is 15.5. The van der Waals surface area contributed by atoms with E-state index in [4.69, 9.17) is 0 Å². The molecule has 166 valence electrons. The number of para-hydroxylation sites is 1. The third-order valence-corrected chi connectivity index (χ3v) is 6.33. The fourth-order valence-electron chi connectivity index (χ4n) is 3.80. The first-order valence-electron chi connectivity index (χ1n) is 10.8. The minimum absolute atomic E-state index is 0.0371. The lowest BCUT2D eigenvalue weighted by atomic mass is 10.1. The van der Waals surface area contributed by atoms with Crippen molar-refractivity contribution < 1.29 is 4.79 Å². The number of thioether (sulfide) groups is 1. The summed E-state index contributed by atoms with van der Waals surface area (Å²) < 4.78 is 3.52.